The van der Waals surface area contributed by atoms with E-state index in [4.69, 9.17) is 0 Å². The predicted molar refractivity (Wildman–Crippen MR) is 91.6 cm³/mol. The van der Waals surface area contributed by atoms with Crippen LogP contribution in [0.25, 0.3) is 0 Å². The number of benzene rings is 2. The standard InChI is InChI=1S/C19H18FN3O/c1-13-11-14(2)23(22-13)12-15-3-5-16(6-4-15)19(24)21-18-9-7-17(20)8-10-18/h3-11H,12H2,1-2H3,(H,21,24). The highest BCUT2D eigenvalue weighted by atomic mass is 19.1. The number of anilines is 1. The summed E-state index contributed by atoms with van der Waals surface area (Å²) in [5, 5.41) is 7.18. The second kappa shape index (κ2) is 6.66. The molecule has 1 N–H and O–H groups in total. The highest BCUT2D eigenvalue weighted by Gasteiger charge is 2.07. The SMILES string of the molecule is Cc1cc(C)n(Cc2ccc(C(=O)Nc3ccc(F)cc3)cc2)n1. The summed E-state index contributed by atoms with van der Waals surface area (Å²) in [5.74, 6) is -0.555. The van der Waals surface area contributed by atoms with Crippen molar-refractivity contribution in [2.24, 2.45) is 0 Å². The molecule has 0 saturated heterocycles. The van der Waals surface area contributed by atoms with E-state index in [2.05, 4.69) is 10.4 Å². The molecule has 1 heterocycles. The normalized spacial score (nSPS) is 10.6. The lowest BCUT2D eigenvalue weighted by Crippen LogP contribution is -2.12. The molecule has 3 rings (SSSR count). The number of carbonyl (C=O) groups is 1. The molecule has 1 amide bonds. The number of halogens is 1. The van der Waals surface area contributed by atoms with Gasteiger partial charge in [0, 0.05) is 16.9 Å². The first kappa shape index (κ1) is 15.9. The maximum Gasteiger partial charge on any atom is 0.255 e. The highest BCUT2D eigenvalue weighted by Crippen LogP contribution is 2.13. The second-order valence-corrected chi connectivity index (χ2v) is 5.74. The van der Waals surface area contributed by atoms with Gasteiger partial charge in [-0.05, 0) is 61.9 Å². The number of hydrogen-bond acceptors (Lipinski definition) is 2. The van der Waals surface area contributed by atoms with Crippen LogP contribution in [-0.2, 0) is 6.54 Å². The lowest BCUT2D eigenvalue weighted by Gasteiger charge is -2.07. The molecule has 0 aliphatic rings. The molecule has 0 radical (unpaired) electrons. The first-order chi connectivity index (χ1) is 11.5. The molecule has 0 atom stereocenters. The fourth-order valence-electron chi connectivity index (χ4n) is 2.51. The third-order valence-electron chi connectivity index (χ3n) is 3.75. The number of nitrogens with zero attached hydrogens (tertiary/aromatic N) is 2. The molecular weight excluding hydrogens is 305 g/mol. The van der Waals surface area contributed by atoms with Crippen LogP contribution in [0.3, 0.4) is 0 Å². The Labute approximate surface area is 139 Å². The van der Waals surface area contributed by atoms with E-state index in [-0.39, 0.29) is 11.7 Å². The Balaban J connectivity index is 1.68. The van der Waals surface area contributed by atoms with Gasteiger partial charge in [-0.2, -0.15) is 5.10 Å². The fraction of sp³-hybridized carbons (Fsp3) is 0.158. The lowest BCUT2D eigenvalue weighted by molar-refractivity contribution is 0.102. The molecule has 24 heavy (non-hydrogen) atoms. The van der Waals surface area contributed by atoms with Crippen LogP contribution in [0.4, 0.5) is 10.1 Å². The Hall–Kier alpha value is -2.95. The van der Waals surface area contributed by atoms with Crippen LogP contribution in [0.5, 0.6) is 0 Å². The van der Waals surface area contributed by atoms with Gasteiger partial charge in [0.15, 0.2) is 0 Å². The number of rotatable bonds is 4. The van der Waals surface area contributed by atoms with Gasteiger partial charge < -0.3 is 5.32 Å². The Kier molecular flexibility index (Phi) is 4.42. The zero-order valence-corrected chi connectivity index (χ0v) is 13.6. The van der Waals surface area contributed by atoms with E-state index in [0.717, 1.165) is 17.0 Å². The third kappa shape index (κ3) is 3.68. The van der Waals surface area contributed by atoms with Crippen molar-refractivity contribution in [1.82, 2.24) is 9.78 Å². The average molecular weight is 323 g/mol. The van der Waals surface area contributed by atoms with Crippen LogP contribution >= 0.6 is 0 Å². The summed E-state index contributed by atoms with van der Waals surface area (Å²) in [7, 11) is 0. The molecule has 1 aromatic heterocycles. The molecule has 3 aromatic rings. The predicted octanol–water partition coefficient (Wildman–Crippen LogP) is 3.94. The maximum atomic E-state index is 12.9. The van der Waals surface area contributed by atoms with Crippen LogP contribution in [0.2, 0.25) is 0 Å². The summed E-state index contributed by atoms with van der Waals surface area (Å²) in [5.41, 5.74) is 4.28. The Morgan fingerprint density at radius 3 is 2.33 bits per heavy atom. The van der Waals surface area contributed by atoms with Crippen molar-refractivity contribution in [3.8, 4) is 0 Å². The number of amides is 1. The van der Waals surface area contributed by atoms with E-state index in [0.29, 0.717) is 17.8 Å². The molecule has 0 fully saturated rings. The van der Waals surface area contributed by atoms with Crippen molar-refractivity contribution >= 4 is 11.6 Å². The second-order valence-electron chi connectivity index (χ2n) is 5.74. The van der Waals surface area contributed by atoms with E-state index in [1.54, 1.807) is 12.1 Å². The zero-order chi connectivity index (χ0) is 17.1. The summed E-state index contributed by atoms with van der Waals surface area (Å²) < 4.78 is 14.8. The summed E-state index contributed by atoms with van der Waals surface area (Å²) in [4.78, 5) is 12.2. The summed E-state index contributed by atoms with van der Waals surface area (Å²) in [6, 6.07) is 15.1. The number of aryl methyl sites for hydroxylation is 2. The summed E-state index contributed by atoms with van der Waals surface area (Å²) in [6.07, 6.45) is 0. The topological polar surface area (TPSA) is 46.9 Å². The molecule has 0 aliphatic carbocycles. The van der Waals surface area contributed by atoms with E-state index in [9.17, 15) is 9.18 Å². The molecular formula is C19H18FN3O. The zero-order valence-electron chi connectivity index (χ0n) is 13.6. The Bertz CT molecular complexity index is 851. The van der Waals surface area contributed by atoms with Crippen LogP contribution in [0.15, 0.2) is 54.6 Å². The average Bonchev–Trinajstić information content (AvgIpc) is 2.88. The van der Waals surface area contributed by atoms with Crippen molar-refractivity contribution in [2.75, 3.05) is 5.32 Å². The molecule has 0 unspecified atom stereocenters. The first-order valence-corrected chi connectivity index (χ1v) is 7.68. The Morgan fingerprint density at radius 2 is 1.75 bits per heavy atom. The van der Waals surface area contributed by atoms with Gasteiger partial charge in [-0.3, -0.25) is 9.48 Å². The van der Waals surface area contributed by atoms with Gasteiger partial charge in [-0.1, -0.05) is 12.1 Å². The van der Waals surface area contributed by atoms with Crippen molar-refractivity contribution < 1.29 is 9.18 Å². The molecule has 4 nitrogen and oxygen atoms in total. The van der Waals surface area contributed by atoms with Gasteiger partial charge in [0.1, 0.15) is 5.82 Å². The smallest absolute Gasteiger partial charge is 0.255 e. The quantitative estimate of drug-likeness (QED) is 0.790. The Morgan fingerprint density at radius 1 is 1.08 bits per heavy atom. The number of nitrogens with one attached hydrogen (secondary N) is 1. The molecule has 5 heteroatoms. The molecule has 122 valence electrons. The number of aromatic nitrogens is 2. The van der Waals surface area contributed by atoms with Crippen LogP contribution < -0.4 is 5.32 Å². The van der Waals surface area contributed by atoms with Gasteiger partial charge in [0.2, 0.25) is 0 Å². The summed E-state index contributed by atoms with van der Waals surface area (Å²) in [6.45, 7) is 4.65. The van der Waals surface area contributed by atoms with E-state index < -0.39 is 0 Å². The fourth-order valence-corrected chi connectivity index (χ4v) is 2.51. The van der Waals surface area contributed by atoms with Crippen LogP contribution in [-0.4, -0.2) is 15.7 Å². The third-order valence-corrected chi connectivity index (χ3v) is 3.75. The van der Waals surface area contributed by atoms with Crippen molar-refractivity contribution in [3.05, 3.63) is 82.9 Å². The molecule has 0 aliphatic heterocycles. The maximum absolute atomic E-state index is 12.9. The van der Waals surface area contributed by atoms with Gasteiger partial charge in [0.25, 0.3) is 5.91 Å². The van der Waals surface area contributed by atoms with Gasteiger partial charge in [-0.25, -0.2) is 4.39 Å². The van der Waals surface area contributed by atoms with Gasteiger partial charge in [-0.15, -0.1) is 0 Å². The largest absolute Gasteiger partial charge is 0.322 e. The van der Waals surface area contributed by atoms with Gasteiger partial charge in [0.05, 0.1) is 12.2 Å². The minimum Gasteiger partial charge on any atom is -0.322 e. The van der Waals surface area contributed by atoms with Crippen LogP contribution in [0.1, 0.15) is 27.3 Å². The minimum absolute atomic E-state index is 0.223. The molecule has 2 aromatic carbocycles. The minimum atomic E-state index is -0.332. The number of carbonyl (C=O) groups excluding carboxylic acids is 1. The van der Waals surface area contributed by atoms with Crippen molar-refractivity contribution in [2.45, 2.75) is 20.4 Å². The number of hydrogen-bond donors (Lipinski definition) is 1. The lowest BCUT2D eigenvalue weighted by atomic mass is 10.1. The summed E-state index contributed by atoms with van der Waals surface area (Å²) >= 11 is 0. The van der Waals surface area contributed by atoms with E-state index in [1.807, 2.05) is 36.7 Å². The molecule has 0 spiro atoms. The van der Waals surface area contributed by atoms with E-state index in [1.165, 1.54) is 24.3 Å². The molecule has 0 bridgehead atoms. The highest BCUT2D eigenvalue weighted by molar-refractivity contribution is 6.04. The van der Waals surface area contributed by atoms with Crippen molar-refractivity contribution in [1.29, 1.82) is 0 Å². The van der Waals surface area contributed by atoms with Crippen LogP contribution in [0, 0.1) is 19.7 Å². The van der Waals surface area contributed by atoms with E-state index >= 15 is 0 Å². The monoisotopic (exact) mass is 323 g/mol. The van der Waals surface area contributed by atoms with Crippen molar-refractivity contribution in [3.63, 3.8) is 0 Å². The molecule has 0 saturated carbocycles. The first-order valence-electron chi connectivity index (χ1n) is 7.68. The van der Waals surface area contributed by atoms with Gasteiger partial charge >= 0.3 is 0 Å².